The second-order valence-electron chi connectivity index (χ2n) is 11.9. The van der Waals surface area contributed by atoms with Gasteiger partial charge in [-0.15, -0.1) is 0 Å². The lowest BCUT2D eigenvalue weighted by atomic mass is 10.2. The van der Waals surface area contributed by atoms with E-state index in [2.05, 4.69) is 157 Å². The first-order valence-electron chi connectivity index (χ1n) is 16.0. The Morgan fingerprint density at radius 1 is 0.652 bits per heavy atom. The number of benzene rings is 5. The van der Waals surface area contributed by atoms with Gasteiger partial charge in [-0.3, -0.25) is 4.79 Å². The second-order valence-corrected chi connectivity index (χ2v) is 16.5. The smallest absolute Gasteiger partial charge is 0.222 e. The molecule has 0 aromatic heterocycles. The number of hydrogen-bond donors (Lipinski definition) is 0. The molecule has 1 amide bonds. The first-order chi connectivity index (χ1) is 22.0. The molecule has 5 aromatic carbocycles. The van der Waals surface area contributed by atoms with Crippen molar-refractivity contribution in [1.82, 2.24) is 4.90 Å². The predicted molar refractivity (Wildman–Crippen MR) is 195 cm³/mol. The molecule has 6 heteroatoms. The van der Waals surface area contributed by atoms with E-state index in [1.807, 2.05) is 11.8 Å². The maximum absolute atomic E-state index is 13.6. The van der Waals surface area contributed by atoms with Crippen molar-refractivity contribution in [3.05, 3.63) is 145 Å². The minimum absolute atomic E-state index is 0. The topological polar surface area (TPSA) is 23.6 Å². The number of rotatable bonds is 10. The van der Waals surface area contributed by atoms with Crippen molar-refractivity contribution in [3.8, 4) is 0 Å². The van der Waals surface area contributed by atoms with Gasteiger partial charge in [0, 0.05) is 42.4 Å². The number of hydrogen-bond acceptors (Lipinski definition) is 3. The molecule has 1 fully saturated rings. The Kier molecular flexibility index (Phi) is 11.8. The third-order valence-corrected chi connectivity index (χ3v) is 14.6. The van der Waals surface area contributed by atoms with Gasteiger partial charge in [-0.25, -0.2) is 0 Å². The largest absolute Gasteiger partial charge is 1.00 e. The summed E-state index contributed by atoms with van der Waals surface area (Å²) in [4.78, 5) is 20.7. The van der Waals surface area contributed by atoms with Crippen LogP contribution in [-0.2, 0) is 4.79 Å². The van der Waals surface area contributed by atoms with Gasteiger partial charge in [0.1, 0.15) is 23.2 Å². The molecule has 0 saturated carbocycles. The Labute approximate surface area is 290 Å². The molecular weight excluding hydrogens is 667 g/mol. The number of carbonyl (C=O) groups excluding carboxylic acids is 1. The van der Waals surface area contributed by atoms with Crippen LogP contribution in [0.1, 0.15) is 24.0 Å². The Morgan fingerprint density at radius 2 is 1.17 bits per heavy atom. The second kappa shape index (κ2) is 16.0. The van der Waals surface area contributed by atoms with Gasteiger partial charge in [-0.05, 0) is 80.4 Å². The summed E-state index contributed by atoms with van der Waals surface area (Å²) in [7, 11) is -1.92. The van der Waals surface area contributed by atoms with Crippen molar-refractivity contribution in [1.29, 1.82) is 0 Å². The quantitative estimate of drug-likeness (QED) is 0.193. The third-order valence-electron chi connectivity index (χ3n) is 8.86. The lowest BCUT2D eigenvalue weighted by Crippen LogP contribution is -3.00. The van der Waals surface area contributed by atoms with E-state index in [1.54, 1.807) is 0 Å². The van der Waals surface area contributed by atoms with Gasteiger partial charge in [0.15, 0.2) is 0 Å². The highest BCUT2D eigenvalue weighted by Crippen LogP contribution is 2.56. The zero-order valence-corrected chi connectivity index (χ0v) is 30.0. The molecule has 0 bridgehead atoms. The lowest BCUT2D eigenvalue weighted by molar-refractivity contribution is -0.131. The molecule has 3 nitrogen and oxygen atoms in total. The highest BCUT2D eigenvalue weighted by Gasteiger charge is 2.44. The van der Waals surface area contributed by atoms with E-state index in [-0.39, 0.29) is 22.9 Å². The van der Waals surface area contributed by atoms with E-state index >= 15 is 0 Å². The SMILES string of the molecule is Cc1ccc(Sc2ccccc2N2CCN(C(=O)CCC[P+](c3ccccc3)(c3ccccc3)c3ccccc3)CC2)c(C)c1.[Br-]. The fraction of sp³-hybridized carbons (Fsp3) is 0.225. The lowest BCUT2D eigenvalue weighted by Gasteiger charge is -2.37. The minimum Gasteiger partial charge on any atom is -1.00 e. The molecule has 5 aromatic rings. The summed E-state index contributed by atoms with van der Waals surface area (Å²) in [6, 6.07) is 48.3. The van der Waals surface area contributed by atoms with Crippen molar-refractivity contribution in [2.24, 2.45) is 0 Å². The molecule has 0 N–H and O–H groups in total. The molecule has 1 aliphatic rings. The Balaban J connectivity index is 0.00000417. The molecular formula is C40H42BrN2OPS. The van der Waals surface area contributed by atoms with Crippen LogP contribution in [0, 0.1) is 13.8 Å². The molecule has 1 saturated heterocycles. The normalized spacial score (nSPS) is 13.3. The van der Waals surface area contributed by atoms with Crippen molar-refractivity contribution in [2.75, 3.05) is 37.2 Å². The number of aryl methyl sites for hydroxylation is 2. The maximum atomic E-state index is 13.6. The zero-order chi connectivity index (χ0) is 31.1. The van der Waals surface area contributed by atoms with Gasteiger partial charge in [-0.2, -0.15) is 0 Å². The summed E-state index contributed by atoms with van der Waals surface area (Å²) in [5, 5.41) is 4.13. The van der Waals surface area contributed by atoms with Gasteiger partial charge in [0.2, 0.25) is 5.91 Å². The van der Waals surface area contributed by atoms with E-state index in [0.29, 0.717) is 6.42 Å². The molecule has 0 unspecified atom stereocenters. The van der Waals surface area contributed by atoms with Gasteiger partial charge < -0.3 is 26.8 Å². The van der Waals surface area contributed by atoms with Crippen LogP contribution in [0.2, 0.25) is 0 Å². The standard InChI is InChI=1S/C40H42N2OPS.BrH/c1-32-24-25-38(33(2)31-32)45-39-22-13-12-21-37(39)41-26-28-42(29-27-41)40(43)23-14-30-44(34-15-6-3-7-16-34,35-17-8-4-9-18-35)36-19-10-5-11-20-36;/h3-13,15-22,24-25,31H,14,23,26-30H2,1-2H3;1H/q+1;/p-1. The zero-order valence-electron chi connectivity index (χ0n) is 26.7. The van der Waals surface area contributed by atoms with Crippen LogP contribution >= 0.6 is 19.0 Å². The summed E-state index contributed by atoms with van der Waals surface area (Å²) in [5.74, 6) is 0.278. The van der Waals surface area contributed by atoms with E-state index in [4.69, 9.17) is 0 Å². The molecule has 0 atom stereocenters. The number of carbonyl (C=O) groups is 1. The van der Waals surface area contributed by atoms with Crippen molar-refractivity contribution in [3.63, 3.8) is 0 Å². The summed E-state index contributed by atoms with van der Waals surface area (Å²) in [5.41, 5.74) is 3.86. The summed E-state index contributed by atoms with van der Waals surface area (Å²) >= 11 is 1.84. The number of nitrogens with zero attached hydrogens (tertiary/aromatic N) is 2. The highest BCUT2D eigenvalue weighted by molar-refractivity contribution is 7.99. The number of anilines is 1. The van der Waals surface area contributed by atoms with E-state index in [0.717, 1.165) is 38.8 Å². The molecule has 1 aliphatic heterocycles. The number of halogens is 1. The molecule has 0 aliphatic carbocycles. The molecule has 0 radical (unpaired) electrons. The van der Waals surface area contributed by atoms with Gasteiger partial charge in [0.05, 0.1) is 11.8 Å². The predicted octanol–water partition coefficient (Wildman–Crippen LogP) is 4.88. The van der Waals surface area contributed by atoms with Crippen LogP contribution < -0.4 is 37.8 Å². The van der Waals surface area contributed by atoms with Crippen LogP contribution in [0.4, 0.5) is 5.69 Å². The molecule has 236 valence electrons. The van der Waals surface area contributed by atoms with Crippen LogP contribution in [0.25, 0.3) is 0 Å². The number of para-hydroxylation sites is 1. The average Bonchev–Trinajstić information content (AvgIpc) is 3.09. The summed E-state index contributed by atoms with van der Waals surface area (Å²) < 4.78 is 0. The van der Waals surface area contributed by atoms with Gasteiger partial charge in [-0.1, -0.05) is 96.2 Å². The van der Waals surface area contributed by atoms with Crippen molar-refractivity contribution < 1.29 is 21.8 Å². The van der Waals surface area contributed by atoms with Gasteiger partial charge in [0.25, 0.3) is 0 Å². The summed E-state index contributed by atoms with van der Waals surface area (Å²) in [6.45, 7) is 7.56. The molecule has 46 heavy (non-hydrogen) atoms. The van der Waals surface area contributed by atoms with Gasteiger partial charge >= 0.3 is 0 Å². The minimum atomic E-state index is -1.92. The van der Waals surface area contributed by atoms with Crippen LogP contribution in [0.15, 0.2) is 143 Å². The first-order valence-corrected chi connectivity index (χ1v) is 18.8. The number of amides is 1. The van der Waals surface area contributed by atoms with E-state index in [1.165, 1.54) is 42.5 Å². The summed E-state index contributed by atoms with van der Waals surface area (Å²) in [6.07, 6.45) is 2.41. The molecule has 6 rings (SSSR count). The van der Waals surface area contributed by atoms with Crippen molar-refractivity contribution in [2.45, 2.75) is 36.5 Å². The molecule has 1 heterocycles. The highest BCUT2D eigenvalue weighted by atomic mass is 79.9. The monoisotopic (exact) mass is 708 g/mol. The van der Waals surface area contributed by atoms with Crippen molar-refractivity contribution >= 4 is 46.5 Å². The first kappa shape index (κ1) is 34.0. The number of piperazine rings is 1. The van der Waals surface area contributed by atoms with Crippen LogP contribution in [0.5, 0.6) is 0 Å². The Hall–Kier alpha value is -3.37. The van der Waals surface area contributed by atoms with E-state index in [9.17, 15) is 4.79 Å². The average molecular weight is 710 g/mol. The Bertz CT molecular complexity index is 1610. The molecule has 0 spiro atoms. The third kappa shape index (κ3) is 7.60. The fourth-order valence-corrected chi connectivity index (χ4v) is 11.9. The maximum Gasteiger partial charge on any atom is 0.222 e. The van der Waals surface area contributed by atoms with E-state index < -0.39 is 7.26 Å². The fourth-order valence-electron chi connectivity index (χ4n) is 6.54. The van der Waals surface area contributed by atoms with Crippen LogP contribution in [0.3, 0.4) is 0 Å². The van der Waals surface area contributed by atoms with Crippen LogP contribution in [-0.4, -0.2) is 43.1 Å². The Morgan fingerprint density at radius 3 is 1.72 bits per heavy atom.